The van der Waals surface area contributed by atoms with E-state index in [0.29, 0.717) is 13.1 Å². The van der Waals surface area contributed by atoms with Crippen molar-refractivity contribution >= 4 is 17.3 Å². The minimum absolute atomic E-state index is 0.0212. The summed E-state index contributed by atoms with van der Waals surface area (Å²) in [6, 6.07) is 1.96. The van der Waals surface area contributed by atoms with Gasteiger partial charge in [0.25, 0.3) is 0 Å². The molecule has 1 fully saturated rings. The van der Waals surface area contributed by atoms with Gasteiger partial charge in [-0.05, 0) is 25.8 Å². The second kappa shape index (κ2) is 6.51. The number of hydrogen-bond acceptors (Lipinski definition) is 3. The van der Waals surface area contributed by atoms with Crippen LogP contribution in [0.2, 0.25) is 0 Å². The lowest BCUT2D eigenvalue weighted by atomic mass is 9.87. The van der Waals surface area contributed by atoms with Crippen LogP contribution in [0.5, 0.6) is 0 Å². The first-order valence-corrected chi connectivity index (χ1v) is 8.13. The van der Waals surface area contributed by atoms with Crippen molar-refractivity contribution in [1.82, 2.24) is 19.4 Å². The van der Waals surface area contributed by atoms with Crippen molar-refractivity contribution in [3.63, 3.8) is 0 Å². The maximum Gasteiger partial charge on any atom is 0.407 e. The summed E-state index contributed by atoms with van der Waals surface area (Å²) in [6.07, 6.45) is 4.57. The van der Waals surface area contributed by atoms with Gasteiger partial charge >= 0.3 is 6.09 Å². The molecule has 7 heteroatoms. The fourth-order valence-electron chi connectivity index (χ4n) is 3.69. The van der Waals surface area contributed by atoms with Crippen LogP contribution in [0.15, 0.2) is 35.6 Å². The van der Waals surface area contributed by atoms with Gasteiger partial charge in [-0.1, -0.05) is 12.2 Å². The predicted molar refractivity (Wildman–Crippen MR) is 91.7 cm³/mol. The number of fused-ring (bicyclic) bond motifs is 1. The van der Waals surface area contributed by atoms with Crippen LogP contribution in [0.25, 0.3) is 11.2 Å². The molecule has 0 bridgehead atoms. The molecule has 1 unspecified atom stereocenters. The third kappa shape index (κ3) is 2.81. The van der Waals surface area contributed by atoms with Crippen LogP contribution in [-0.4, -0.2) is 50.8 Å². The van der Waals surface area contributed by atoms with Crippen LogP contribution in [0.1, 0.15) is 25.8 Å². The molecule has 1 aliphatic rings. The lowest BCUT2D eigenvalue weighted by Crippen LogP contribution is -2.43. The number of amides is 1. The molecule has 2 aromatic heterocycles. The van der Waals surface area contributed by atoms with Crippen LogP contribution in [0.3, 0.4) is 0 Å². The third-order valence-electron chi connectivity index (χ3n) is 4.71. The second-order valence-electron chi connectivity index (χ2n) is 6.34. The van der Waals surface area contributed by atoms with E-state index < -0.39 is 6.09 Å². The molecule has 0 spiro atoms. The van der Waals surface area contributed by atoms with Crippen LogP contribution in [0.4, 0.5) is 4.79 Å². The first-order chi connectivity index (χ1) is 11.5. The number of aromatic nitrogens is 3. The molecule has 3 heterocycles. The van der Waals surface area contributed by atoms with Gasteiger partial charge in [0.1, 0.15) is 5.49 Å². The molecule has 1 aliphatic heterocycles. The number of rotatable bonds is 3. The number of allylic oxidation sites excluding steroid dienone is 1. The third-order valence-corrected chi connectivity index (χ3v) is 4.71. The van der Waals surface area contributed by atoms with Crippen molar-refractivity contribution in [2.75, 3.05) is 20.1 Å². The van der Waals surface area contributed by atoms with Gasteiger partial charge in [0.15, 0.2) is 5.65 Å². The van der Waals surface area contributed by atoms with Gasteiger partial charge in [-0.2, -0.15) is 0 Å². The second-order valence-corrected chi connectivity index (χ2v) is 6.34. The zero-order chi connectivity index (χ0) is 17.3. The summed E-state index contributed by atoms with van der Waals surface area (Å²) < 4.78 is 2.14. The highest BCUT2D eigenvalue weighted by molar-refractivity contribution is 5.71. The summed E-state index contributed by atoms with van der Waals surface area (Å²) in [5.41, 5.74) is 3.51. The van der Waals surface area contributed by atoms with Crippen molar-refractivity contribution in [2.45, 2.75) is 25.8 Å². The molecule has 24 heavy (non-hydrogen) atoms. The van der Waals surface area contributed by atoms with E-state index >= 15 is 0 Å². The molecule has 0 radical (unpaired) electrons. The number of likely N-dealkylation sites (tertiary alicyclic amines) is 1. The number of piperidine rings is 1. The van der Waals surface area contributed by atoms with E-state index in [4.69, 9.17) is 0 Å². The highest BCUT2D eigenvalue weighted by Crippen LogP contribution is 2.33. The molecular weight excluding hydrogens is 306 g/mol. The molecular formula is C17H23N5O2. The van der Waals surface area contributed by atoms with Gasteiger partial charge in [0, 0.05) is 32.3 Å². The molecule has 0 aliphatic carbocycles. The lowest BCUT2D eigenvalue weighted by molar-refractivity contribution is 0.110. The quantitative estimate of drug-likeness (QED) is 0.848. The topological polar surface area (TPSA) is 86.5 Å². The average Bonchev–Trinajstić information content (AvgIpc) is 3.04. The Morgan fingerprint density at radius 1 is 1.58 bits per heavy atom. The summed E-state index contributed by atoms with van der Waals surface area (Å²) in [5.74, 6) is 0.165. The molecule has 7 nitrogen and oxygen atoms in total. The van der Waals surface area contributed by atoms with E-state index in [1.54, 1.807) is 13.2 Å². The monoisotopic (exact) mass is 329 g/mol. The fourth-order valence-corrected chi connectivity index (χ4v) is 3.69. The molecule has 2 aromatic rings. The lowest BCUT2D eigenvalue weighted by Gasteiger charge is -2.37. The summed E-state index contributed by atoms with van der Waals surface area (Å²) in [5, 5.41) is 9.35. The van der Waals surface area contributed by atoms with E-state index in [9.17, 15) is 9.90 Å². The Labute approximate surface area is 140 Å². The first-order valence-electron chi connectivity index (χ1n) is 8.13. The highest BCUT2D eigenvalue weighted by Gasteiger charge is 2.31. The van der Waals surface area contributed by atoms with Crippen molar-refractivity contribution in [3.8, 4) is 0 Å². The molecule has 0 aromatic carbocycles. The average molecular weight is 329 g/mol. The Morgan fingerprint density at radius 3 is 3.04 bits per heavy atom. The van der Waals surface area contributed by atoms with Gasteiger partial charge in [0.2, 0.25) is 0 Å². The maximum atomic E-state index is 11.4. The summed E-state index contributed by atoms with van der Waals surface area (Å²) in [4.78, 5) is 24.8. The van der Waals surface area contributed by atoms with Crippen LogP contribution < -0.4 is 5.49 Å². The van der Waals surface area contributed by atoms with Crippen LogP contribution in [0, 0.1) is 5.92 Å². The van der Waals surface area contributed by atoms with Crippen molar-refractivity contribution in [2.24, 2.45) is 10.9 Å². The standard InChI is InChI=1S/C17H23N5O2/c1-11(2)15(12-5-4-8-21(10-12)17(23)24)22-13-6-7-19-16(13)20-9-14(22)18-3/h6-7,9,12,15,19H,1,4-5,8,10H2,2-3H3,(H,23,24)/t12-,15?/m0/s1. The Balaban J connectivity index is 2.11. The Kier molecular flexibility index (Phi) is 4.42. The van der Waals surface area contributed by atoms with Crippen molar-refractivity contribution in [1.29, 1.82) is 0 Å². The Bertz CT molecular complexity index is 835. The molecule has 3 rings (SSSR count). The number of hydrogen-bond donors (Lipinski definition) is 2. The van der Waals surface area contributed by atoms with Gasteiger partial charge < -0.3 is 19.6 Å². The molecule has 2 atom stereocenters. The zero-order valence-corrected chi connectivity index (χ0v) is 14.1. The Morgan fingerprint density at radius 2 is 2.38 bits per heavy atom. The number of nitrogens with one attached hydrogen (secondary N) is 1. The minimum atomic E-state index is -0.855. The van der Waals surface area contributed by atoms with E-state index in [1.165, 1.54) is 4.90 Å². The fraction of sp³-hybridized carbons (Fsp3) is 0.471. The number of H-pyrrole nitrogens is 1. The van der Waals surface area contributed by atoms with Crippen LogP contribution in [-0.2, 0) is 0 Å². The molecule has 1 amide bonds. The molecule has 2 N–H and O–H groups in total. The summed E-state index contributed by atoms with van der Waals surface area (Å²) in [7, 11) is 1.74. The SMILES string of the molecule is C=C(C)C([C@H]1CCCN(C(=O)O)C1)n1c(=NC)cnc2[nH]ccc21. The van der Waals surface area contributed by atoms with Crippen molar-refractivity contribution < 1.29 is 9.90 Å². The van der Waals surface area contributed by atoms with Gasteiger partial charge in [-0.15, -0.1) is 0 Å². The normalized spacial score (nSPS) is 20.3. The number of carbonyl (C=O) groups is 1. The maximum absolute atomic E-state index is 11.4. The number of carboxylic acid groups (broad SMARTS) is 1. The molecule has 0 saturated carbocycles. The summed E-state index contributed by atoms with van der Waals surface area (Å²) >= 11 is 0. The Hall–Kier alpha value is -2.57. The van der Waals surface area contributed by atoms with Crippen LogP contribution >= 0.6 is 0 Å². The smallest absolute Gasteiger partial charge is 0.407 e. The highest BCUT2D eigenvalue weighted by atomic mass is 16.4. The zero-order valence-electron chi connectivity index (χ0n) is 14.1. The van der Waals surface area contributed by atoms with Gasteiger partial charge in [0.05, 0.1) is 17.8 Å². The largest absolute Gasteiger partial charge is 0.465 e. The first kappa shape index (κ1) is 16.3. The molecule has 128 valence electrons. The number of nitrogens with zero attached hydrogens (tertiary/aromatic N) is 4. The number of aromatic amines is 1. The molecule has 1 saturated heterocycles. The van der Waals surface area contributed by atoms with Gasteiger partial charge in [-0.3, -0.25) is 4.99 Å². The van der Waals surface area contributed by atoms with Crippen molar-refractivity contribution in [3.05, 3.63) is 36.1 Å². The van der Waals surface area contributed by atoms with E-state index in [1.807, 2.05) is 19.2 Å². The minimum Gasteiger partial charge on any atom is -0.465 e. The predicted octanol–water partition coefficient (Wildman–Crippen LogP) is 2.40. The van der Waals surface area contributed by atoms with E-state index in [0.717, 1.165) is 35.1 Å². The van der Waals surface area contributed by atoms with Gasteiger partial charge in [-0.25, -0.2) is 9.78 Å². The van der Waals surface area contributed by atoms with E-state index in [-0.39, 0.29) is 12.0 Å². The summed E-state index contributed by atoms with van der Waals surface area (Å²) in [6.45, 7) is 7.29. The van der Waals surface area contributed by atoms with E-state index in [2.05, 4.69) is 26.1 Å².